The van der Waals surface area contributed by atoms with Crippen LogP contribution in [0.1, 0.15) is 44.2 Å². The number of hydrogen-bond acceptors (Lipinski definition) is 4. The fourth-order valence-electron chi connectivity index (χ4n) is 4.47. The number of benzene rings is 2. The van der Waals surface area contributed by atoms with Crippen molar-refractivity contribution in [3.05, 3.63) is 68.9 Å². The highest BCUT2D eigenvalue weighted by atomic mass is 79.9. The van der Waals surface area contributed by atoms with Crippen molar-refractivity contribution in [1.29, 1.82) is 5.26 Å². The van der Waals surface area contributed by atoms with Crippen molar-refractivity contribution in [2.75, 3.05) is 0 Å². The third kappa shape index (κ3) is 6.80. The fourth-order valence-corrected chi connectivity index (χ4v) is 4.92. The van der Waals surface area contributed by atoms with E-state index in [0.29, 0.717) is 12.0 Å². The first-order valence-corrected chi connectivity index (χ1v) is 12.0. The molecular weight excluding hydrogens is 584 g/mol. The minimum absolute atomic E-state index is 0.0986. The molecule has 0 saturated carbocycles. The van der Waals surface area contributed by atoms with Gasteiger partial charge in [0.1, 0.15) is 17.3 Å². The molecule has 1 heterocycles. The van der Waals surface area contributed by atoms with Crippen molar-refractivity contribution in [2.24, 2.45) is 5.41 Å². The van der Waals surface area contributed by atoms with Crippen molar-refractivity contribution in [2.45, 2.75) is 56.8 Å². The standard InChI is InChI=1S/C23H23BrClFN2O2.C2HF3O2/c1-22(2,3)11-17-23(12-27,13-7-9-14(24)10-8-13)18(20(28-17)21(29)30)15-5-4-6-16(25)19(15)26;3-2(4,5)1(6)7/h4-10,17-18,20,28H,11H2,1-3H3,(H,29,30);(H,6,7). The number of nitriles is 1. The van der Waals surface area contributed by atoms with Crippen LogP contribution >= 0.6 is 27.5 Å². The van der Waals surface area contributed by atoms with Crippen LogP contribution < -0.4 is 5.32 Å². The minimum atomic E-state index is -5.08. The van der Waals surface area contributed by atoms with E-state index in [1.54, 1.807) is 18.2 Å². The van der Waals surface area contributed by atoms with Crippen molar-refractivity contribution in [1.82, 2.24) is 5.32 Å². The number of nitrogens with one attached hydrogen (secondary N) is 1. The van der Waals surface area contributed by atoms with E-state index in [1.807, 2.05) is 32.9 Å². The van der Waals surface area contributed by atoms with Gasteiger partial charge in [-0.3, -0.25) is 10.1 Å². The Hall–Kier alpha value is -2.68. The summed E-state index contributed by atoms with van der Waals surface area (Å²) < 4.78 is 47.7. The summed E-state index contributed by atoms with van der Waals surface area (Å²) in [6, 6.07) is 12.5. The Morgan fingerprint density at radius 1 is 1.14 bits per heavy atom. The molecular formula is C25H24BrClF4N2O4. The molecule has 0 aromatic heterocycles. The second kappa shape index (κ2) is 11.4. The maximum atomic E-state index is 15.1. The van der Waals surface area contributed by atoms with Crippen molar-refractivity contribution in [3.63, 3.8) is 0 Å². The molecule has 0 bridgehead atoms. The van der Waals surface area contributed by atoms with Gasteiger partial charge in [-0.05, 0) is 41.2 Å². The lowest BCUT2D eigenvalue weighted by molar-refractivity contribution is -0.192. The first-order chi connectivity index (χ1) is 17.0. The van der Waals surface area contributed by atoms with E-state index < -0.39 is 47.3 Å². The van der Waals surface area contributed by atoms with Gasteiger partial charge in [0.15, 0.2) is 0 Å². The summed E-state index contributed by atoms with van der Waals surface area (Å²) in [6.07, 6.45) is -4.56. The molecule has 1 fully saturated rings. The Bertz CT molecular complexity index is 1200. The second-order valence-electron chi connectivity index (χ2n) is 9.71. The van der Waals surface area contributed by atoms with Crippen LogP contribution in [0.25, 0.3) is 0 Å². The smallest absolute Gasteiger partial charge is 0.480 e. The topological polar surface area (TPSA) is 110 Å². The summed E-state index contributed by atoms with van der Waals surface area (Å²) in [5.74, 6) is -5.54. The van der Waals surface area contributed by atoms with Crippen LogP contribution in [0.15, 0.2) is 46.9 Å². The average molecular weight is 608 g/mol. The number of halogens is 6. The largest absolute Gasteiger partial charge is 0.490 e. The van der Waals surface area contributed by atoms with Gasteiger partial charge in [-0.15, -0.1) is 0 Å². The Labute approximate surface area is 224 Å². The zero-order valence-corrected chi connectivity index (χ0v) is 22.2. The predicted octanol–water partition coefficient (Wildman–Crippen LogP) is 6.28. The molecule has 200 valence electrons. The molecule has 1 aliphatic rings. The summed E-state index contributed by atoms with van der Waals surface area (Å²) in [7, 11) is 0. The van der Waals surface area contributed by atoms with E-state index >= 15 is 4.39 Å². The van der Waals surface area contributed by atoms with Crippen LogP contribution in [0.4, 0.5) is 17.6 Å². The summed E-state index contributed by atoms with van der Waals surface area (Å²) in [5.41, 5.74) is -0.728. The molecule has 6 nitrogen and oxygen atoms in total. The molecule has 2 aromatic carbocycles. The molecule has 0 amide bonds. The molecule has 4 unspecified atom stereocenters. The number of carboxylic acids is 2. The molecule has 1 saturated heterocycles. The highest BCUT2D eigenvalue weighted by molar-refractivity contribution is 9.10. The number of rotatable bonds is 4. The number of hydrogen-bond donors (Lipinski definition) is 3. The highest BCUT2D eigenvalue weighted by Gasteiger charge is 2.60. The zero-order valence-electron chi connectivity index (χ0n) is 19.9. The van der Waals surface area contributed by atoms with E-state index in [9.17, 15) is 28.3 Å². The predicted molar refractivity (Wildman–Crippen MR) is 132 cm³/mol. The molecule has 0 radical (unpaired) electrons. The molecule has 12 heteroatoms. The number of carboxylic acid groups (broad SMARTS) is 2. The van der Waals surface area contributed by atoms with Crippen molar-refractivity contribution >= 4 is 39.5 Å². The maximum absolute atomic E-state index is 15.1. The van der Waals surface area contributed by atoms with Gasteiger partial charge in [-0.1, -0.05) is 72.6 Å². The third-order valence-corrected chi connectivity index (χ3v) is 6.72. The van der Waals surface area contributed by atoms with E-state index in [1.165, 1.54) is 12.1 Å². The van der Waals surface area contributed by atoms with Gasteiger partial charge in [0.25, 0.3) is 0 Å². The average Bonchev–Trinajstić information content (AvgIpc) is 3.09. The van der Waals surface area contributed by atoms with Crippen molar-refractivity contribution < 1.29 is 37.4 Å². The maximum Gasteiger partial charge on any atom is 0.490 e. The van der Waals surface area contributed by atoms with Gasteiger partial charge in [0.2, 0.25) is 0 Å². The van der Waals surface area contributed by atoms with Crippen LogP contribution in [0.3, 0.4) is 0 Å². The summed E-state index contributed by atoms with van der Waals surface area (Å²) >= 11 is 9.44. The SMILES string of the molecule is CC(C)(C)CC1NC(C(=O)O)C(c2cccc(Cl)c2F)C1(C#N)c1ccc(Br)cc1.O=C(O)C(F)(F)F. The summed E-state index contributed by atoms with van der Waals surface area (Å²) in [4.78, 5) is 21.1. The molecule has 2 aromatic rings. The number of carbonyl (C=O) groups is 2. The Morgan fingerprint density at radius 2 is 1.68 bits per heavy atom. The first-order valence-electron chi connectivity index (χ1n) is 10.9. The fraction of sp³-hybridized carbons (Fsp3) is 0.400. The van der Waals surface area contributed by atoms with Gasteiger partial charge in [-0.25, -0.2) is 9.18 Å². The number of alkyl halides is 3. The van der Waals surface area contributed by atoms with Gasteiger partial charge in [0, 0.05) is 16.4 Å². The van der Waals surface area contributed by atoms with E-state index in [0.717, 1.165) is 4.47 Å². The van der Waals surface area contributed by atoms with Crippen LogP contribution in [-0.4, -0.2) is 40.4 Å². The van der Waals surface area contributed by atoms with Crippen molar-refractivity contribution in [3.8, 4) is 6.07 Å². The van der Waals surface area contributed by atoms with Crippen LogP contribution in [0.5, 0.6) is 0 Å². The quantitative estimate of drug-likeness (QED) is 0.353. The minimum Gasteiger partial charge on any atom is -0.480 e. The van der Waals surface area contributed by atoms with E-state index in [4.69, 9.17) is 21.5 Å². The third-order valence-electron chi connectivity index (χ3n) is 5.90. The van der Waals surface area contributed by atoms with Gasteiger partial charge < -0.3 is 10.2 Å². The lowest BCUT2D eigenvalue weighted by atomic mass is 9.63. The van der Waals surface area contributed by atoms with E-state index in [2.05, 4.69) is 27.3 Å². The molecule has 0 spiro atoms. The first kappa shape index (κ1) is 30.5. The zero-order chi connectivity index (χ0) is 28.3. The molecule has 1 aliphatic heterocycles. The van der Waals surface area contributed by atoms with E-state index in [-0.39, 0.29) is 16.0 Å². The lowest BCUT2D eigenvalue weighted by Gasteiger charge is -2.37. The van der Waals surface area contributed by atoms with Crippen LogP contribution in [0, 0.1) is 22.6 Å². The number of aliphatic carboxylic acids is 2. The Balaban J connectivity index is 0.000000604. The summed E-state index contributed by atoms with van der Waals surface area (Å²) in [5, 5.41) is 30.7. The van der Waals surface area contributed by atoms with Gasteiger partial charge in [0.05, 0.1) is 11.1 Å². The molecule has 3 rings (SSSR count). The summed E-state index contributed by atoms with van der Waals surface area (Å²) in [6.45, 7) is 6.09. The molecule has 0 aliphatic carbocycles. The lowest BCUT2D eigenvalue weighted by Crippen LogP contribution is -2.44. The second-order valence-corrected chi connectivity index (χ2v) is 11.0. The van der Waals surface area contributed by atoms with Crippen LogP contribution in [0.2, 0.25) is 5.02 Å². The monoisotopic (exact) mass is 606 g/mol. The van der Waals surface area contributed by atoms with Gasteiger partial charge in [-0.2, -0.15) is 18.4 Å². The Kier molecular flexibility index (Phi) is 9.39. The molecule has 37 heavy (non-hydrogen) atoms. The Morgan fingerprint density at radius 3 is 2.11 bits per heavy atom. The normalized spacial score (nSPS) is 23.5. The highest BCUT2D eigenvalue weighted by Crippen LogP contribution is 2.52. The number of nitrogens with zero attached hydrogens (tertiary/aromatic N) is 1. The van der Waals surface area contributed by atoms with Crippen LogP contribution in [-0.2, 0) is 15.0 Å². The van der Waals surface area contributed by atoms with Gasteiger partial charge >= 0.3 is 18.1 Å². The molecule has 4 atom stereocenters. The molecule has 3 N–H and O–H groups in total.